The molecule has 0 unspecified atom stereocenters. The monoisotopic (exact) mass is 803 g/mol. The molecule has 0 atom stereocenters. The van der Waals surface area contributed by atoms with Crippen LogP contribution in [0.4, 0.5) is 0 Å². The Bertz CT molecular complexity index is 877. The van der Waals surface area contributed by atoms with E-state index in [-0.39, 0.29) is 11.9 Å². The topological polar surface area (TPSA) is 107 Å². The third-order valence-electron chi connectivity index (χ3n) is 9.50. The zero-order chi connectivity index (χ0) is 39.2. The summed E-state index contributed by atoms with van der Waals surface area (Å²) in [5.41, 5.74) is 0.504. The summed E-state index contributed by atoms with van der Waals surface area (Å²) in [5, 5.41) is 0.647. The van der Waals surface area contributed by atoms with E-state index in [0.717, 1.165) is 178 Å². The molecular formula is C42H78NO7PS2. The van der Waals surface area contributed by atoms with Crippen molar-refractivity contribution in [3.8, 4) is 0 Å². The second-order valence-electron chi connectivity index (χ2n) is 14.7. The summed E-state index contributed by atoms with van der Waals surface area (Å²) < 4.78 is 9.34. The van der Waals surface area contributed by atoms with E-state index < -0.39 is 7.92 Å². The number of unbranched alkanes of at least 4 members (excludes halogenated alkanes) is 18. The van der Waals surface area contributed by atoms with Crippen molar-refractivity contribution in [2.45, 2.75) is 180 Å². The first-order chi connectivity index (χ1) is 25.7. The van der Waals surface area contributed by atoms with Crippen molar-refractivity contribution in [1.29, 1.82) is 0 Å². The highest BCUT2D eigenvalue weighted by Gasteiger charge is 2.17. The van der Waals surface area contributed by atoms with Crippen LogP contribution in [0.1, 0.15) is 180 Å². The van der Waals surface area contributed by atoms with Gasteiger partial charge in [-0.2, -0.15) is 0 Å². The zero-order valence-corrected chi connectivity index (χ0v) is 36.9. The van der Waals surface area contributed by atoms with Gasteiger partial charge in [0.05, 0.1) is 14.2 Å². The van der Waals surface area contributed by atoms with E-state index in [1.165, 1.54) is 37.7 Å². The average Bonchev–Trinajstić information content (AvgIpc) is 3.14. The Morgan fingerprint density at radius 2 is 0.774 bits per heavy atom. The molecule has 0 aromatic heterocycles. The minimum Gasteiger partial charge on any atom is -0.469 e. The van der Waals surface area contributed by atoms with Crippen LogP contribution in [-0.4, -0.2) is 91.3 Å². The molecule has 53 heavy (non-hydrogen) atoms. The predicted molar refractivity (Wildman–Crippen MR) is 228 cm³/mol. The van der Waals surface area contributed by atoms with E-state index in [0.29, 0.717) is 47.9 Å². The van der Waals surface area contributed by atoms with Crippen LogP contribution >= 0.6 is 31.4 Å². The number of ether oxygens (including phenoxy) is 2. The fraction of sp³-hybridized carbons (Fsp3) is 0.881. The van der Waals surface area contributed by atoms with Crippen molar-refractivity contribution in [1.82, 2.24) is 4.90 Å². The Labute approximate surface area is 334 Å². The maximum Gasteiger partial charge on any atom is 0.305 e. The number of nitrogens with zero attached hydrogens (tertiary/aromatic N) is 1. The van der Waals surface area contributed by atoms with Gasteiger partial charge in [-0.05, 0) is 98.7 Å². The molecule has 0 N–H and O–H groups in total. The van der Waals surface area contributed by atoms with Gasteiger partial charge in [0.1, 0.15) is 0 Å². The van der Waals surface area contributed by atoms with E-state index in [9.17, 15) is 24.0 Å². The summed E-state index contributed by atoms with van der Waals surface area (Å²) in [7, 11) is 6.43. The number of rotatable bonds is 39. The van der Waals surface area contributed by atoms with Crippen LogP contribution in [0.15, 0.2) is 0 Å². The summed E-state index contributed by atoms with van der Waals surface area (Å²) in [4.78, 5) is 62.1. The maximum absolute atomic E-state index is 13.1. The minimum atomic E-state index is -0.569. The normalized spacial score (nSPS) is 11.4. The van der Waals surface area contributed by atoms with Gasteiger partial charge in [0.2, 0.25) is 0 Å². The Hall–Kier alpha value is -0.960. The number of esters is 2. The molecule has 0 spiro atoms. The number of carbonyl (C=O) groups excluding carboxylic acids is 5. The number of carbonyl (C=O) groups is 5. The van der Waals surface area contributed by atoms with Crippen molar-refractivity contribution < 1.29 is 33.4 Å². The molecule has 0 aromatic rings. The molecule has 0 aliphatic rings. The van der Waals surface area contributed by atoms with Crippen LogP contribution < -0.4 is 0 Å². The van der Waals surface area contributed by atoms with Crippen LogP contribution in [0.5, 0.6) is 0 Å². The minimum absolute atomic E-state index is 0.125. The van der Waals surface area contributed by atoms with E-state index in [2.05, 4.69) is 28.5 Å². The van der Waals surface area contributed by atoms with Crippen molar-refractivity contribution >= 4 is 59.1 Å². The molecule has 0 saturated carbocycles. The predicted octanol–water partition coefficient (Wildman–Crippen LogP) is 11.3. The van der Waals surface area contributed by atoms with Crippen LogP contribution in [0.25, 0.3) is 0 Å². The fourth-order valence-electron chi connectivity index (χ4n) is 6.15. The Balaban J connectivity index is 3.97. The number of methoxy groups -OCH3 is 2. The zero-order valence-electron chi connectivity index (χ0n) is 34.4. The molecule has 0 heterocycles. The van der Waals surface area contributed by atoms with Gasteiger partial charge < -0.3 is 14.4 Å². The molecule has 0 aliphatic heterocycles. The molecule has 0 radical (unpaired) electrons. The van der Waals surface area contributed by atoms with Crippen molar-refractivity contribution in [3.63, 3.8) is 0 Å². The first kappa shape index (κ1) is 52.0. The molecule has 0 bridgehead atoms. The third kappa shape index (κ3) is 37.7. The number of hydrogen-bond acceptors (Lipinski definition) is 10. The van der Waals surface area contributed by atoms with Gasteiger partial charge in [0, 0.05) is 43.6 Å². The van der Waals surface area contributed by atoms with E-state index in [1.807, 2.05) is 0 Å². The molecule has 0 aliphatic carbocycles. The van der Waals surface area contributed by atoms with E-state index in [1.54, 1.807) is 0 Å². The molecule has 310 valence electrons. The van der Waals surface area contributed by atoms with Gasteiger partial charge in [-0.3, -0.25) is 24.0 Å². The summed E-state index contributed by atoms with van der Waals surface area (Å²) >= 11 is 2.99. The van der Waals surface area contributed by atoms with Gasteiger partial charge in [0.15, 0.2) is 15.8 Å². The molecule has 11 heteroatoms. The Morgan fingerprint density at radius 1 is 0.434 bits per heavy atom. The molecule has 0 aromatic carbocycles. The summed E-state index contributed by atoms with van der Waals surface area (Å²) in [6.07, 6.45) is 30.0. The fourth-order valence-corrected chi connectivity index (χ4v) is 10.3. The lowest BCUT2D eigenvalue weighted by Gasteiger charge is -2.17. The van der Waals surface area contributed by atoms with Crippen molar-refractivity contribution in [2.75, 3.05) is 58.7 Å². The smallest absolute Gasteiger partial charge is 0.305 e. The molecule has 0 fully saturated rings. The highest BCUT2D eigenvalue weighted by Crippen LogP contribution is 2.41. The lowest BCUT2D eigenvalue weighted by Crippen LogP contribution is -2.14. The van der Waals surface area contributed by atoms with Crippen LogP contribution in [0.2, 0.25) is 0 Å². The highest BCUT2D eigenvalue weighted by molar-refractivity contribution is 8.13. The Morgan fingerprint density at radius 3 is 1.15 bits per heavy atom. The van der Waals surface area contributed by atoms with Gasteiger partial charge >= 0.3 is 11.9 Å². The lowest BCUT2D eigenvalue weighted by molar-refractivity contribution is -0.141. The van der Waals surface area contributed by atoms with Crippen LogP contribution in [-0.2, 0) is 33.4 Å². The van der Waals surface area contributed by atoms with Crippen molar-refractivity contribution in [2.24, 2.45) is 0 Å². The van der Waals surface area contributed by atoms with Gasteiger partial charge in [-0.25, -0.2) is 0 Å². The molecular weight excluding hydrogens is 726 g/mol. The molecule has 0 amide bonds. The van der Waals surface area contributed by atoms with E-state index >= 15 is 0 Å². The first-order valence-electron chi connectivity index (χ1n) is 21.1. The number of hydrogen-bond donors (Lipinski definition) is 0. The standard InChI is InChI=1S/C42H78NO7PS2/c1-43(2)33-27-30-40(46)51(34-23-15-9-13-21-31-41(47)52-36-25-17-7-5-11-19-28-38(44)49-3)35-24-16-10-14-22-32-42(48)53-37-26-18-8-6-12-20-29-39(45)50-4/h5-37H2,1-4H3. The van der Waals surface area contributed by atoms with Gasteiger partial charge in [-0.1, -0.05) is 113 Å². The maximum atomic E-state index is 13.1. The van der Waals surface area contributed by atoms with Crippen LogP contribution in [0.3, 0.4) is 0 Å². The van der Waals surface area contributed by atoms with Crippen molar-refractivity contribution in [3.05, 3.63) is 0 Å². The average molecular weight is 804 g/mol. The van der Waals surface area contributed by atoms with Gasteiger partial charge in [0.25, 0.3) is 0 Å². The van der Waals surface area contributed by atoms with E-state index in [4.69, 9.17) is 0 Å². The molecule has 8 nitrogen and oxygen atoms in total. The second kappa shape index (κ2) is 39.3. The summed E-state index contributed by atoms with van der Waals surface area (Å²) in [5.74, 6) is 1.58. The molecule has 0 rings (SSSR count). The summed E-state index contributed by atoms with van der Waals surface area (Å²) in [6.45, 7) is 0.961. The quantitative estimate of drug-likeness (QED) is 0.0339. The Kier molecular flexibility index (Phi) is 38.6. The lowest BCUT2D eigenvalue weighted by atomic mass is 10.1. The molecule has 0 saturated heterocycles. The van der Waals surface area contributed by atoms with Crippen LogP contribution in [0, 0.1) is 0 Å². The first-order valence-corrected chi connectivity index (χ1v) is 24.7. The number of thioether (sulfide) groups is 2. The third-order valence-corrected chi connectivity index (χ3v) is 14.2. The highest BCUT2D eigenvalue weighted by atomic mass is 32.2. The largest absolute Gasteiger partial charge is 0.469 e. The second-order valence-corrected chi connectivity index (χ2v) is 19.4. The SMILES string of the molecule is COC(=O)CCCCCCCCSC(=O)CCCCCCCP(CCCCCCCC(=O)SCCCCCCCCC(=O)OC)C(=O)CCCN(C)C. The van der Waals surface area contributed by atoms with Gasteiger partial charge in [-0.15, -0.1) is 0 Å². The summed E-state index contributed by atoms with van der Waals surface area (Å²) in [6, 6.07) is 0.